The molecule has 84 valence electrons. The van der Waals surface area contributed by atoms with Crippen molar-refractivity contribution in [3.05, 3.63) is 15.6 Å². The highest BCUT2D eigenvalue weighted by molar-refractivity contribution is 7.11. The van der Waals surface area contributed by atoms with Crippen LogP contribution in [0.1, 0.15) is 41.3 Å². The van der Waals surface area contributed by atoms with Crippen molar-refractivity contribution in [2.45, 2.75) is 52.1 Å². The smallest absolute Gasteiger partial charge is 0.0930 e. The predicted octanol–water partition coefficient (Wildman–Crippen LogP) is 2.85. The number of rotatable bonds is 5. The van der Waals surface area contributed by atoms with E-state index in [2.05, 4.69) is 18.8 Å². The molecule has 1 aliphatic rings. The van der Waals surface area contributed by atoms with E-state index in [9.17, 15) is 5.11 Å². The molecule has 0 aliphatic heterocycles. The van der Waals surface area contributed by atoms with Crippen LogP contribution in [0.25, 0.3) is 0 Å². The summed E-state index contributed by atoms with van der Waals surface area (Å²) in [5.41, 5.74) is 1.16. The van der Waals surface area contributed by atoms with E-state index in [1.165, 1.54) is 22.7 Å². The number of hydrogen-bond donors (Lipinski definition) is 1. The summed E-state index contributed by atoms with van der Waals surface area (Å²) < 4.78 is 0. The fourth-order valence-corrected chi connectivity index (χ4v) is 2.80. The van der Waals surface area contributed by atoms with Gasteiger partial charge in [-0.15, -0.1) is 11.3 Å². The molecule has 15 heavy (non-hydrogen) atoms. The lowest BCUT2D eigenvalue weighted by molar-refractivity contribution is 0.139. The molecule has 0 spiro atoms. The molecule has 0 radical (unpaired) electrons. The van der Waals surface area contributed by atoms with Crippen molar-refractivity contribution < 1.29 is 5.11 Å². The lowest BCUT2D eigenvalue weighted by Gasteiger charge is -2.06. The second kappa shape index (κ2) is 4.62. The molecule has 1 saturated carbocycles. The van der Waals surface area contributed by atoms with Crippen molar-refractivity contribution in [2.24, 2.45) is 5.92 Å². The Hall–Kier alpha value is -0.410. The van der Waals surface area contributed by atoms with Crippen molar-refractivity contribution in [1.29, 1.82) is 0 Å². The van der Waals surface area contributed by atoms with Gasteiger partial charge in [0.2, 0.25) is 0 Å². The summed E-state index contributed by atoms with van der Waals surface area (Å²) in [6.07, 6.45) is 5.47. The summed E-state index contributed by atoms with van der Waals surface area (Å²) in [5.74, 6) is 0.616. The summed E-state index contributed by atoms with van der Waals surface area (Å²) in [6, 6.07) is 0. The Labute approximate surface area is 95.4 Å². The Morgan fingerprint density at radius 3 is 2.73 bits per heavy atom. The standard InChI is InChI=1S/C12H19NOS/c1-8-9(2)15-12(13-8)5-3-4-11(14)10-6-7-10/h10-11,14H,3-7H2,1-2H3. The third-order valence-electron chi connectivity index (χ3n) is 3.13. The highest BCUT2D eigenvalue weighted by Gasteiger charge is 2.28. The Bertz CT molecular complexity index is 311. The highest BCUT2D eigenvalue weighted by Crippen LogP contribution is 2.34. The predicted molar refractivity (Wildman–Crippen MR) is 63.3 cm³/mol. The molecule has 2 rings (SSSR count). The number of nitrogens with zero attached hydrogens (tertiary/aromatic N) is 1. The molecule has 1 atom stereocenters. The van der Waals surface area contributed by atoms with Gasteiger partial charge in [0.1, 0.15) is 0 Å². The first-order valence-corrected chi connectivity index (χ1v) is 6.59. The van der Waals surface area contributed by atoms with Gasteiger partial charge >= 0.3 is 0 Å². The maximum atomic E-state index is 9.71. The number of thiazole rings is 1. The third kappa shape index (κ3) is 3.02. The molecular formula is C12H19NOS. The van der Waals surface area contributed by atoms with E-state index in [0.29, 0.717) is 5.92 Å². The Balaban J connectivity index is 1.73. The van der Waals surface area contributed by atoms with Gasteiger partial charge in [0, 0.05) is 4.88 Å². The number of aromatic nitrogens is 1. The molecule has 3 heteroatoms. The van der Waals surface area contributed by atoms with Gasteiger partial charge in [-0.05, 0) is 51.9 Å². The van der Waals surface area contributed by atoms with Crippen LogP contribution in [-0.4, -0.2) is 16.2 Å². The largest absolute Gasteiger partial charge is 0.393 e. The number of aliphatic hydroxyl groups is 1. The summed E-state index contributed by atoms with van der Waals surface area (Å²) in [7, 11) is 0. The highest BCUT2D eigenvalue weighted by atomic mass is 32.1. The van der Waals surface area contributed by atoms with E-state index in [1.54, 1.807) is 11.3 Å². The first kappa shape index (κ1) is 11.1. The van der Waals surface area contributed by atoms with E-state index < -0.39 is 0 Å². The quantitative estimate of drug-likeness (QED) is 0.836. The summed E-state index contributed by atoms with van der Waals surface area (Å²) in [6.45, 7) is 4.18. The third-order valence-corrected chi connectivity index (χ3v) is 4.26. The number of hydrogen-bond acceptors (Lipinski definition) is 3. The molecule has 1 aromatic rings. The molecule has 0 saturated heterocycles. The zero-order valence-electron chi connectivity index (χ0n) is 9.49. The van der Waals surface area contributed by atoms with Crippen LogP contribution in [0, 0.1) is 19.8 Å². The molecule has 0 bridgehead atoms. The van der Waals surface area contributed by atoms with Crippen molar-refractivity contribution in [3.63, 3.8) is 0 Å². The number of aliphatic hydroxyl groups excluding tert-OH is 1. The monoisotopic (exact) mass is 225 g/mol. The lowest BCUT2D eigenvalue weighted by Crippen LogP contribution is -2.08. The average Bonchev–Trinajstić information content (AvgIpc) is 2.96. The second-order valence-corrected chi connectivity index (χ2v) is 5.83. The maximum Gasteiger partial charge on any atom is 0.0930 e. The lowest BCUT2D eigenvalue weighted by atomic mass is 10.1. The van der Waals surface area contributed by atoms with Gasteiger partial charge in [-0.1, -0.05) is 0 Å². The fourth-order valence-electron chi connectivity index (χ4n) is 1.83. The van der Waals surface area contributed by atoms with Gasteiger partial charge in [-0.3, -0.25) is 0 Å². The molecule has 2 nitrogen and oxygen atoms in total. The SMILES string of the molecule is Cc1nc(CCCC(O)C2CC2)sc1C. The first-order valence-electron chi connectivity index (χ1n) is 5.78. The van der Waals surface area contributed by atoms with Gasteiger partial charge in [0.15, 0.2) is 0 Å². The topological polar surface area (TPSA) is 33.1 Å². The fraction of sp³-hybridized carbons (Fsp3) is 0.750. The molecular weight excluding hydrogens is 206 g/mol. The van der Waals surface area contributed by atoms with Crippen LogP contribution in [0.2, 0.25) is 0 Å². The van der Waals surface area contributed by atoms with E-state index in [-0.39, 0.29) is 6.10 Å². The van der Waals surface area contributed by atoms with Crippen molar-refractivity contribution in [2.75, 3.05) is 0 Å². The molecule has 0 amide bonds. The Morgan fingerprint density at radius 1 is 1.47 bits per heavy atom. The van der Waals surface area contributed by atoms with E-state index >= 15 is 0 Å². The minimum atomic E-state index is -0.0489. The van der Waals surface area contributed by atoms with Crippen LogP contribution in [0.3, 0.4) is 0 Å². The Kier molecular flexibility index (Phi) is 3.42. The molecule has 1 aliphatic carbocycles. The van der Waals surface area contributed by atoms with Gasteiger partial charge in [0.05, 0.1) is 16.8 Å². The van der Waals surface area contributed by atoms with Crippen molar-refractivity contribution in [3.8, 4) is 0 Å². The average molecular weight is 225 g/mol. The maximum absolute atomic E-state index is 9.71. The normalized spacial score (nSPS) is 18.1. The van der Waals surface area contributed by atoms with Crippen LogP contribution in [0.4, 0.5) is 0 Å². The summed E-state index contributed by atoms with van der Waals surface area (Å²) in [5, 5.41) is 10.9. The van der Waals surface area contributed by atoms with Crippen LogP contribution >= 0.6 is 11.3 Å². The van der Waals surface area contributed by atoms with E-state index in [0.717, 1.165) is 25.0 Å². The van der Waals surface area contributed by atoms with Crippen LogP contribution in [0.15, 0.2) is 0 Å². The van der Waals surface area contributed by atoms with Crippen molar-refractivity contribution in [1.82, 2.24) is 4.98 Å². The molecule has 1 fully saturated rings. The van der Waals surface area contributed by atoms with Gasteiger partial charge < -0.3 is 5.11 Å². The molecule has 1 N–H and O–H groups in total. The van der Waals surface area contributed by atoms with E-state index in [1.807, 2.05) is 0 Å². The Morgan fingerprint density at radius 2 is 2.20 bits per heavy atom. The van der Waals surface area contributed by atoms with E-state index in [4.69, 9.17) is 0 Å². The van der Waals surface area contributed by atoms with Gasteiger partial charge in [0.25, 0.3) is 0 Å². The molecule has 1 aromatic heterocycles. The first-order chi connectivity index (χ1) is 7.16. The molecule has 1 heterocycles. The summed E-state index contributed by atoms with van der Waals surface area (Å²) in [4.78, 5) is 5.83. The van der Waals surface area contributed by atoms with Gasteiger partial charge in [-0.2, -0.15) is 0 Å². The molecule has 0 aromatic carbocycles. The zero-order chi connectivity index (χ0) is 10.8. The summed E-state index contributed by atoms with van der Waals surface area (Å²) >= 11 is 1.80. The second-order valence-electron chi connectivity index (χ2n) is 4.55. The number of aryl methyl sites for hydroxylation is 3. The minimum Gasteiger partial charge on any atom is -0.393 e. The van der Waals surface area contributed by atoms with Gasteiger partial charge in [-0.25, -0.2) is 4.98 Å². The zero-order valence-corrected chi connectivity index (χ0v) is 10.3. The molecule has 1 unspecified atom stereocenters. The van der Waals surface area contributed by atoms with Crippen LogP contribution in [-0.2, 0) is 6.42 Å². The van der Waals surface area contributed by atoms with Crippen molar-refractivity contribution >= 4 is 11.3 Å². The van der Waals surface area contributed by atoms with Crippen LogP contribution < -0.4 is 0 Å². The minimum absolute atomic E-state index is 0.0489. The van der Waals surface area contributed by atoms with Crippen LogP contribution in [0.5, 0.6) is 0 Å².